The second kappa shape index (κ2) is 8.89. The number of aryl methyl sites for hydroxylation is 1. The summed E-state index contributed by atoms with van der Waals surface area (Å²) in [6.45, 7) is 6.79. The monoisotopic (exact) mass is 376 g/mol. The number of hydrogen-bond donors (Lipinski definition) is 0. The Kier molecular flexibility index (Phi) is 6.33. The molecule has 144 valence electrons. The van der Waals surface area contributed by atoms with Crippen molar-refractivity contribution in [2.45, 2.75) is 63.3 Å². The number of likely N-dealkylation sites (tertiary alicyclic amines) is 2. The normalized spacial score (nSPS) is 25.2. The highest BCUT2D eigenvalue weighted by atomic mass is 32.2. The van der Waals surface area contributed by atoms with Gasteiger partial charge < -0.3 is 4.90 Å². The van der Waals surface area contributed by atoms with Gasteiger partial charge in [-0.3, -0.25) is 9.69 Å². The first-order valence-corrected chi connectivity index (χ1v) is 11.6. The molecule has 5 nitrogen and oxygen atoms in total. The highest BCUT2D eigenvalue weighted by Gasteiger charge is 2.26. The van der Waals surface area contributed by atoms with E-state index in [0.29, 0.717) is 6.04 Å². The third-order valence-electron chi connectivity index (χ3n) is 6.19. The van der Waals surface area contributed by atoms with Crippen molar-refractivity contribution in [1.29, 1.82) is 0 Å². The standard InChI is InChI=1S/C20H32N4OS/c25-20-14-17-16-26-13-7-19(17)21-24(20)15-18-6-5-10-23(18)12-11-22-8-3-1-2-4-9-22/h14,18H,1-13,15-16H2. The van der Waals surface area contributed by atoms with Gasteiger partial charge in [-0.05, 0) is 56.6 Å². The Bertz CT molecular complexity index is 654. The molecule has 0 aliphatic carbocycles. The second-order valence-corrected chi connectivity index (χ2v) is 9.13. The molecule has 2 fully saturated rings. The highest BCUT2D eigenvalue weighted by Crippen LogP contribution is 2.22. The number of aromatic nitrogens is 2. The van der Waals surface area contributed by atoms with Crippen molar-refractivity contribution in [2.75, 3.05) is 38.5 Å². The fourth-order valence-electron chi connectivity index (χ4n) is 4.61. The Morgan fingerprint density at radius 3 is 2.77 bits per heavy atom. The van der Waals surface area contributed by atoms with Crippen LogP contribution in [0.15, 0.2) is 10.9 Å². The minimum absolute atomic E-state index is 0.0885. The lowest BCUT2D eigenvalue weighted by atomic mass is 10.2. The average Bonchev–Trinajstić information content (AvgIpc) is 2.92. The Morgan fingerprint density at radius 1 is 1.08 bits per heavy atom. The predicted octanol–water partition coefficient (Wildman–Crippen LogP) is 2.37. The van der Waals surface area contributed by atoms with Crippen molar-refractivity contribution in [1.82, 2.24) is 19.6 Å². The third kappa shape index (κ3) is 4.52. The Balaban J connectivity index is 1.37. The van der Waals surface area contributed by atoms with E-state index in [2.05, 4.69) is 9.80 Å². The molecule has 1 unspecified atom stereocenters. The first-order valence-electron chi connectivity index (χ1n) is 10.4. The molecular formula is C20H32N4OS. The van der Waals surface area contributed by atoms with Gasteiger partial charge in [-0.1, -0.05) is 12.8 Å². The van der Waals surface area contributed by atoms with Gasteiger partial charge in [-0.25, -0.2) is 4.68 Å². The van der Waals surface area contributed by atoms with Crippen LogP contribution >= 0.6 is 11.8 Å². The summed E-state index contributed by atoms with van der Waals surface area (Å²) in [7, 11) is 0. The Hall–Kier alpha value is -0.850. The van der Waals surface area contributed by atoms with Crippen molar-refractivity contribution in [3.63, 3.8) is 0 Å². The summed E-state index contributed by atoms with van der Waals surface area (Å²) in [6.07, 6.45) is 8.96. The number of rotatable bonds is 5. The largest absolute Gasteiger partial charge is 0.302 e. The Labute approximate surface area is 161 Å². The molecular weight excluding hydrogens is 344 g/mol. The van der Waals surface area contributed by atoms with Gasteiger partial charge in [0.05, 0.1) is 12.2 Å². The van der Waals surface area contributed by atoms with Gasteiger partial charge in [-0.2, -0.15) is 16.9 Å². The van der Waals surface area contributed by atoms with Crippen LogP contribution in [0.3, 0.4) is 0 Å². The lowest BCUT2D eigenvalue weighted by Crippen LogP contribution is -2.41. The summed E-state index contributed by atoms with van der Waals surface area (Å²) in [5.74, 6) is 2.08. The fraction of sp³-hybridized carbons (Fsp3) is 0.800. The molecule has 4 rings (SSSR count). The maximum atomic E-state index is 12.5. The molecule has 0 N–H and O–H groups in total. The van der Waals surface area contributed by atoms with E-state index in [0.717, 1.165) is 42.3 Å². The van der Waals surface area contributed by atoms with Crippen molar-refractivity contribution in [3.8, 4) is 0 Å². The van der Waals surface area contributed by atoms with Crippen LogP contribution in [0.5, 0.6) is 0 Å². The molecule has 0 radical (unpaired) electrons. The first-order chi connectivity index (χ1) is 12.8. The molecule has 0 bridgehead atoms. The minimum Gasteiger partial charge on any atom is -0.302 e. The SMILES string of the molecule is O=c1cc2c(nn1CC1CCCN1CCN1CCCCCC1)CCSC2. The van der Waals surface area contributed by atoms with Crippen molar-refractivity contribution in [2.24, 2.45) is 0 Å². The van der Waals surface area contributed by atoms with Crippen LogP contribution in [0.4, 0.5) is 0 Å². The van der Waals surface area contributed by atoms with Gasteiger partial charge in [0.15, 0.2) is 0 Å². The summed E-state index contributed by atoms with van der Waals surface area (Å²) >= 11 is 1.91. The summed E-state index contributed by atoms with van der Waals surface area (Å²) in [6, 6.07) is 2.31. The van der Waals surface area contributed by atoms with Crippen molar-refractivity contribution >= 4 is 11.8 Å². The van der Waals surface area contributed by atoms with E-state index in [1.54, 1.807) is 4.68 Å². The van der Waals surface area contributed by atoms with E-state index < -0.39 is 0 Å². The lowest BCUT2D eigenvalue weighted by Gasteiger charge is -2.28. The molecule has 1 aromatic heterocycles. The molecule has 1 atom stereocenters. The second-order valence-electron chi connectivity index (χ2n) is 8.03. The van der Waals surface area contributed by atoms with Crippen LogP contribution < -0.4 is 5.56 Å². The Morgan fingerprint density at radius 2 is 1.92 bits per heavy atom. The predicted molar refractivity (Wildman–Crippen MR) is 108 cm³/mol. The number of hydrogen-bond acceptors (Lipinski definition) is 5. The topological polar surface area (TPSA) is 41.4 Å². The van der Waals surface area contributed by atoms with Crippen LogP contribution in [0.25, 0.3) is 0 Å². The van der Waals surface area contributed by atoms with Gasteiger partial charge in [0, 0.05) is 37.4 Å². The zero-order valence-corrected chi connectivity index (χ0v) is 16.7. The smallest absolute Gasteiger partial charge is 0.267 e. The lowest BCUT2D eigenvalue weighted by molar-refractivity contribution is 0.181. The molecule has 0 saturated carbocycles. The van der Waals surface area contributed by atoms with E-state index in [4.69, 9.17) is 5.10 Å². The van der Waals surface area contributed by atoms with Crippen LogP contribution in [0.1, 0.15) is 49.8 Å². The maximum absolute atomic E-state index is 12.5. The van der Waals surface area contributed by atoms with E-state index >= 15 is 0 Å². The van der Waals surface area contributed by atoms with Crippen LogP contribution in [-0.4, -0.2) is 64.1 Å². The van der Waals surface area contributed by atoms with Gasteiger partial charge in [-0.15, -0.1) is 0 Å². The van der Waals surface area contributed by atoms with Crippen LogP contribution in [-0.2, 0) is 18.7 Å². The number of thioether (sulfide) groups is 1. The zero-order chi connectivity index (χ0) is 17.8. The van der Waals surface area contributed by atoms with E-state index in [1.165, 1.54) is 64.7 Å². The van der Waals surface area contributed by atoms with Gasteiger partial charge in [0.25, 0.3) is 5.56 Å². The molecule has 2 saturated heterocycles. The molecule has 6 heteroatoms. The zero-order valence-electron chi connectivity index (χ0n) is 15.9. The number of fused-ring (bicyclic) bond motifs is 1. The molecule has 4 heterocycles. The number of nitrogens with zero attached hydrogens (tertiary/aromatic N) is 4. The fourth-order valence-corrected chi connectivity index (χ4v) is 5.56. The summed E-state index contributed by atoms with van der Waals surface area (Å²) in [5, 5.41) is 4.73. The van der Waals surface area contributed by atoms with Gasteiger partial charge >= 0.3 is 0 Å². The van der Waals surface area contributed by atoms with E-state index in [1.807, 2.05) is 17.8 Å². The minimum atomic E-state index is 0.0885. The van der Waals surface area contributed by atoms with Crippen LogP contribution in [0.2, 0.25) is 0 Å². The third-order valence-corrected chi connectivity index (χ3v) is 7.20. The summed E-state index contributed by atoms with van der Waals surface area (Å²) < 4.78 is 1.75. The van der Waals surface area contributed by atoms with Gasteiger partial charge in [0.2, 0.25) is 0 Å². The maximum Gasteiger partial charge on any atom is 0.267 e. The average molecular weight is 377 g/mol. The van der Waals surface area contributed by atoms with Crippen LogP contribution in [0, 0.1) is 0 Å². The van der Waals surface area contributed by atoms with E-state index in [9.17, 15) is 4.79 Å². The highest BCUT2D eigenvalue weighted by molar-refractivity contribution is 7.98. The molecule has 1 aromatic rings. The first kappa shape index (κ1) is 18.5. The summed E-state index contributed by atoms with van der Waals surface area (Å²) in [5.41, 5.74) is 2.40. The van der Waals surface area contributed by atoms with Crippen molar-refractivity contribution in [3.05, 3.63) is 27.7 Å². The molecule has 0 amide bonds. The molecule has 26 heavy (non-hydrogen) atoms. The quantitative estimate of drug-likeness (QED) is 0.789. The molecule has 0 spiro atoms. The van der Waals surface area contributed by atoms with E-state index in [-0.39, 0.29) is 5.56 Å². The molecule has 0 aromatic carbocycles. The molecule has 3 aliphatic heterocycles. The van der Waals surface area contributed by atoms with Crippen molar-refractivity contribution < 1.29 is 0 Å². The molecule has 3 aliphatic rings. The van der Waals surface area contributed by atoms with Gasteiger partial charge in [0.1, 0.15) is 0 Å². The summed E-state index contributed by atoms with van der Waals surface area (Å²) in [4.78, 5) is 17.7.